The van der Waals surface area contributed by atoms with Gasteiger partial charge in [0.25, 0.3) is 0 Å². The van der Waals surface area contributed by atoms with Crippen molar-refractivity contribution in [2.75, 3.05) is 12.4 Å². The smallest absolute Gasteiger partial charge is 0.231 e. The number of carbonyl (C=O) groups is 1. The summed E-state index contributed by atoms with van der Waals surface area (Å²) in [5.41, 5.74) is 4.01. The lowest BCUT2D eigenvalue weighted by Gasteiger charge is -2.16. The zero-order valence-corrected chi connectivity index (χ0v) is 17.1. The van der Waals surface area contributed by atoms with Crippen LogP contribution < -0.4 is 14.8 Å². The summed E-state index contributed by atoms with van der Waals surface area (Å²) < 4.78 is 11.1. The normalized spacial score (nSPS) is 12.9. The monoisotopic (exact) mass is 400 g/mol. The molecular formula is C25H24N2O3. The lowest BCUT2D eigenvalue weighted by Crippen LogP contribution is -2.20. The standard InChI is InChI=1S/C25H24N2O3/c1-3-24(25(28)27-20-10-7-18-15-26-16-19(18)13-20)17-8-11-21(12-9-17)30-23-6-4-5-22(14-23)29-2/h4-14,16,24H,3,15H2,1-2H3,(H,27,28). The minimum absolute atomic E-state index is 0.0196. The first-order chi connectivity index (χ1) is 14.7. The molecule has 0 aromatic heterocycles. The van der Waals surface area contributed by atoms with Crippen molar-refractivity contribution in [2.45, 2.75) is 25.8 Å². The molecule has 1 amide bonds. The summed E-state index contributed by atoms with van der Waals surface area (Å²) >= 11 is 0. The first-order valence-electron chi connectivity index (χ1n) is 10.0. The molecule has 152 valence electrons. The third-order valence-electron chi connectivity index (χ3n) is 5.19. The molecule has 1 unspecified atom stereocenters. The molecule has 0 spiro atoms. The van der Waals surface area contributed by atoms with E-state index in [1.54, 1.807) is 7.11 Å². The van der Waals surface area contributed by atoms with Gasteiger partial charge in [-0.2, -0.15) is 0 Å². The maximum absolute atomic E-state index is 12.9. The number of amides is 1. The minimum atomic E-state index is -0.238. The number of nitrogens with one attached hydrogen (secondary N) is 1. The number of ether oxygens (including phenoxy) is 2. The summed E-state index contributed by atoms with van der Waals surface area (Å²) in [6.07, 6.45) is 2.55. The molecule has 1 N–H and O–H groups in total. The second-order valence-corrected chi connectivity index (χ2v) is 7.18. The van der Waals surface area contributed by atoms with Crippen LogP contribution in [0.2, 0.25) is 0 Å². The van der Waals surface area contributed by atoms with Crippen LogP contribution in [0.5, 0.6) is 17.2 Å². The van der Waals surface area contributed by atoms with E-state index >= 15 is 0 Å². The molecule has 0 saturated carbocycles. The summed E-state index contributed by atoms with van der Waals surface area (Å²) in [4.78, 5) is 17.2. The van der Waals surface area contributed by atoms with E-state index in [4.69, 9.17) is 9.47 Å². The van der Waals surface area contributed by atoms with Gasteiger partial charge in [0, 0.05) is 18.0 Å². The summed E-state index contributed by atoms with van der Waals surface area (Å²) in [5, 5.41) is 3.04. The van der Waals surface area contributed by atoms with E-state index in [-0.39, 0.29) is 11.8 Å². The molecule has 0 bridgehead atoms. The molecule has 4 rings (SSSR count). The number of anilines is 1. The van der Waals surface area contributed by atoms with Crippen LogP contribution in [0.25, 0.3) is 0 Å². The summed E-state index contributed by atoms with van der Waals surface area (Å²) in [6, 6.07) is 21.0. The fourth-order valence-electron chi connectivity index (χ4n) is 3.55. The van der Waals surface area contributed by atoms with Gasteiger partial charge in [0.15, 0.2) is 0 Å². The van der Waals surface area contributed by atoms with Crippen molar-refractivity contribution in [3.05, 3.63) is 83.4 Å². The second-order valence-electron chi connectivity index (χ2n) is 7.18. The van der Waals surface area contributed by atoms with Crippen LogP contribution in [0.4, 0.5) is 5.69 Å². The quantitative estimate of drug-likeness (QED) is 0.565. The largest absolute Gasteiger partial charge is 0.497 e. The number of fused-ring (bicyclic) bond motifs is 1. The molecule has 30 heavy (non-hydrogen) atoms. The van der Waals surface area contributed by atoms with E-state index in [1.165, 1.54) is 5.56 Å². The van der Waals surface area contributed by atoms with Crippen molar-refractivity contribution in [3.8, 4) is 17.2 Å². The molecule has 5 heteroatoms. The number of hydrogen-bond donors (Lipinski definition) is 1. The maximum atomic E-state index is 12.9. The number of nitrogens with zero attached hydrogens (tertiary/aromatic N) is 1. The highest BCUT2D eigenvalue weighted by Gasteiger charge is 2.19. The fraction of sp³-hybridized carbons (Fsp3) is 0.200. The van der Waals surface area contributed by atoms with E-state index in [0.29, 0.717) is 24.5 Å². The second kappa shape index (κ2) is 8.82. The number of rotatable bonds is 7. The Kier molecular flexibility index (Phi) is 5.80. The van der Waals surface area contributed by atoms with Crippen LogP contribution in [0.1, 0.15) is 36.0 Å². The van der Waals surface area contributed by atoms with Crippen molar-refractivity contribution in [1.82, 2.24) is 0 Å². The van der Waals surface area contributed by atoms with Crippen molar-refractivity contribution in [2.24, 2.45) is 4.99 Å². The minimum Gasteiger partial charge on any atom is -0.497 e. The van der Waals surface area contributed by atoms with E-state index in [0.717, 1.165) is 22.6 Å². The van der Waals surface area contributed by atoms with Gasteiger partial charge in [-0.05, 0) is 59.5 Å². The Morgan fingerprint density at radius 3 is 2.60 bits per heavy atom. The number of carbonyl (C=O) groups excluding carboxylic acids is 1. The van der Waals surface area contributed by atoms with Gasteiger partial charge < -0.3 is 14.8 Å². The summed E-state index contributed by atoms with van der Waals surface area (Å²) in [6.45, 7) is 2.73. The van der Waals surface area contributed by atoms with Crippen LogP contribution in [-0.2, 0) is 11.3 Å². The molecule has 0 radical (unpaired) electrons. The zero-order chi connectivity index (χ0) is 20.9. The van der Waals surface area contributed by atoms with Gasteiger partial charge in [-0.3, -0.25) is 9.79 Å². The van der Waals surface area contributed by atoms with Gasteiger partial charge in [-0.1, -0.05) is 31.2 Å². The molecule has 0 aliphatic carbocycles. The lowest BCUT2D eigenvalue weighted by atomic mass is 9.95. The lowest BCUT2D eigenvalue weighted by molar-refractivity contribution is -0.117. The zero-order valence-electron chi connectivity index (χ0n) is 17.1. The number of methoxy groups -OCH3 is 1. The van der Waals surface area contributed by atoms with Crippen molar-refractivity contribution in [1.29, 1.82) is 0 Å². The Bertz CT molecular complexity index is 1070. The van der Waals surface area contributed by atoms with Crippen LogP contribution in [0, 0.1) is 0 Å². The van der Waals surface area contributed by atoms with Crippen molar-refractivity contribution >= 4 is 17.8 Å². The molecule has 1 aliphatic heterocycles. The Morgan fingerprint density at radius 2 is 1.83 bits per heavy atom. The SMILES string of the molecule is CCC(C(=O)Nc1ccc2c(c1)C=NC2)c1ccc(Oc2cccc(OC)c2)cc1. The van der Waals surface area contributed by atoms with E-state index in [9.17, 15) is 4.79 Å². The van der Waals surface area contributed by atoms with E-state index in [1.807, 2.05) is 79.9 Å². The Labute approximate surface area is 176 Å². The average Bonchev–Trinajstić information content (AvgIpc) is 3.23. The number of aliphatic imine (C=N–C) groups is 1. The molecule has 0 fully saturated rings. The molecule has 3 aromatic rings. The Balaban J connectivity index is 1.44. The topological polar surface area (TPSA) is 59.9 Å². The van der Waals surface area contributed by atoms with Gasteiger partial charge in [0.05, 0.1) is 19.6 Å². The Hall–Kier alpha value is -3.60. The third kappa shape index (κ3) is 4.35. The fourth-order valence-corrected chi connectivity index (χ4v) is 3.55. The van der Waals surface area contributed by atoms with Crippen LogP contribution >= 0.6 is 0 Å². The van der Waals surface area contributed by atoms with Gasteiger partial charge in [0.2, 0.25) is 5.91 Å². The highest BCUT2D eigenvalue weighted by atomic mass is 16.5. The average molecular weight is 400 g/mol. The van der Waals surface area contributed by atoms with Gasteiger partial charge in [-0.25, -0.2) is 0 Å². The van der Waals surface area contributed by atoms with Gasteiger partial charge in [0.1, 0.15) is 17.2 Å². The number of benzene rings is 3. The highest BCUT2D eigenvalue weighted by Crippen LogP contribution is 2.28. The first kappa shape index (κ1) is 19.7. The Morgan fingerprint density at radius 1 is 1.03 bits per heavy atom. The maximum Gasteiger partial charge on any atom is 0.231 e. The molecule has 1 heterocycles. The molecule has 1 atom stereocenters. The van der Waals surface area contributed by atoms with E-state index in [2.05, 4.69) is 10.3 Å². The molecule has 0 saturated heterocycles. The molecule has 1 aliphatic rings. The van der Waals surface area contributed by atoms with Crippen LogP contribution in [0.15, 0.2) is 71.7 Å². The van der Waals surface area contributed by atoms with Crippen LogP contribution in [-0.4, -0.2) is 19.2 Å². The molecular weight excluding hydrogens is 376 g/mol. The van der Waals surface area contributed by atoms with Gasteiger partial charge in [-0.15, -0.1) is 0 Å². The molecule has 5 nitrogen and oxygen atoms in total. The predicted molar refractivity (Wildman–Crippen MR) is 119 cm³/mol. The summed E-state index contributed by atoms with van der Waals surface area (Å²) in [7, 11) is 1.63. The van der Waals surface area contributed by atoms with Crippen LogP contribution in [0.3, 0.4) is 0 Å². The van der Waals surface area contributed by atoms with Crippen molar-refractivity contribution < 1.29 is 14.3 Å². The first-order valence-corrected chi connectivity index (χ1v) is 10.0. The number of hydrogen-bond acceptors (Lipinski definition) is 4. The molecule has 3 aromatic carbocycles. The van der Waals surface area contributed by atoms with E-state index < -0.39 is 0 Å². The highest BCUT2D eigenvalue weighted by molar-refractivity contribution is 5.97. The predicted octanol–water partition coefficient (Wildman–Crippen LogP) is 5.55. The van der Waals surface area contributed by atoms with Gasteiger partial charge >= 0.3 is 0 Å². The third-order valence-corrected chi connectivity index (χ3v) is 5.19. The van der Waals surface area contributed by atoms with Crippen molar-refractivity contribution in [3.63, 3.8) is 0 Å². The summed E-state index contributed by atoms with van der Waals surface area (Å²) in [5.74, 6) is 1.89.